The van der Waals surface area contributed by atoms with Crippen molar-refractivity contribution in [2.24, 2.45) is 0 Å². The summed E-state index contributed by atoms with van der Waals surface area (Å²) in [7, 11) is 0. The van der Waals surface area contributed by atoms with E-state index in [2.05, 4.69) is 19.2 Å². The van der Waals surface area contributed by atoms with Crippen LogP contribution in [0.2, 0.25) is 0 Å². The molecule has 1 aliphatic heterocycles. The molecule has 168 valence electrons. The Kier molecular flexibility index (Phi) is 5.94. The van der Waals surface area contributed by atoms with Crippen LogP contribution in [0.3, 0.4) is 0 Å². The van der Waals surface area contributed by atoms with Crippen LogP contribution >= 0.6 is 0 Å². The molecule has 0 aliphatic carbocycles. The number of anilines is 2. The van der Waals surface area contributed by atoms with E-state index in [1.54, 1.807) is 0 Å². The fourth-order valence-corrected chi connectivity index (χ4v) is 4.40. The molecule has 0 atom stereocenters. The van der Waals surface area contributed by atoms with Crippen molar-refractivity contribution in [1.29, 1.82) is 0 Å². The van der Waals surface area contributed by atoms with Gasteiger partial charge in [-0.2, -0.15) is 0 Å². The first-order valence-electron chi connectivity index (χ1n) is 11.3. The number of carbonyl (C=O) groups is 2. The van der Waals surface area contributed by atoms with Crippen molar-refractivity contribution in [3.05, 3.63) is 99.7 Å². The number of hydrogen-bond donors (Lipinski definition) is 1. The van der Waals surface area contributed by atoms with Gasteiger partial charge >= 0.3 is 0 Å². The van der Waals surface area contributed by atoms with E-state index >= 15 is 0 Å². The highest BCUT2D eigenvalue weighted by atomic mass is 16.2. The molecule has 1 N–H and O–H groups in total. The fourth-order valence-electron chi connectivity index (χ4n) is 4.40. The average molecular weight is 439 g/mol. The molecule has 3 aromatic carbocycles. The Morgan fingerprint density at radius 2 is 1.36 bits per heavy atom. The van der Waals surface area contributed by atoms with Crippen LogP contribution in [0.1, 0.15) is 53.1 Å². The van der Waals surface area contributed by atoms with Crippen molar-refractivity contribution in [3.63, 3.8) is 0 Å². The summed E-state index contributed by atoms with van der Waals surface area (Å²) in [6.07, 6.45) is 0. The Balaban J connectivity index is 1.83. The van der Waals surface area contributed by atoms with Crippen LogP contribution in [0.4, 0.5) is 11.4 Å². The maximum Gasteiger partial charge on any atom is 0.282 e. The number of imide groups is 1. The third-order valence-electron chi connectivity index (χ3n) is 6.05. The number of nitrogens with zero attached hydrogens (tertiary/aromatic N) is 1. The summed E-state index contributed by atoms with van der Waals surface area (Å²) in [6, 6.07) is 19.7. The van der Waals surface area contributed by atoms with E-state index in [4.69, 9.17) is 0 Å². The van der Waals surface area contributed by atoms with Gasteiger partial charge < -0.3 is 5.32 Å². The van der Waals surface area contributed by atoms with Gasteiger partial charge in [-0.05, 0) is 85.7 Å². The van der Waals surface area contributed by atoms with Gasteiger partial charge in [-0.25, -0.2) is 4.90 Å². The highest BCUT2D eigenvalue weighted by Gasteiger charge is 2.40. The maximum atomic E-state index is 13.7. The smallest absolute Gasteiger partial charge is 0.282 e. The lowest BCUT2D eigenvalue weighted by Gasteiger charge is -2.17. The molecule has 0 unspecified atom stereocenters. The predicted octanol–water partition coefficient (Wildman–Crippen LogP) is 6.44. The second-order valence-electron chi connectivity index (χ2n) is 9.26. The van der Waals surface area contributed by atoms with Crippen molar-refractivity contribution >= 4 is 28.8 Å². The predicted molar refractivity (Wildman–Crippen MR) is 135 cm³/mol. The largest absolute Gasteiger partial charge is 0.350 e. The van der Waals surface area contributed by atoms with Gasteiger partial charge in [0.25, 0.3) is 11.8 Å². The molecule has 0 radical (unpaired) electrons. The summed E-state index contributed by atoms with van der Waals surface area (Å²) in [6.45, 7) is 12.2. The molecule has 1 heterocycles. The molecular weight excluding hydrogens is 408 g/mol. The lowest BCUT2D eigenvalue weighted by molar-refractivity contribution is -0.120. The molecule has 0 saturated carbocycles. The summed E-state index contributed by atoms with van der Waals surface area (Å²) in [5, 5.41) is 3.27. The quantitative estimate of drug-likeness (QED) is 0.466. The molecule has 4 heteroatoms. The topological polar surface area (TPSA) is 49.4 Å². The Labute approximate surface area is 195 Å². The number of aryl methyl sites for hydroxylation is 4. The molecule has 0 bridgehead atoms. The van der Waals surface area contributed by atoms with Crippen LogP contribution in [0, 0.1) is 27.7 Å². The van der Waals surface area contributed by atoms with Crippen LogP contribution < -0.4 is 10.2 Å². The molecule has 2 amide bonds. The van der Waals surface area contributed by atoms with Crippen molar-refractivity contribution in [1.82, 2.24) is 0 Å². The van der Waals surface area contributed by atoms with Crippen molar-refractivity contribution in [2.75, 3.05) is 10.2 Å². The summed E-state index contributed by atoms with van der Waals surface area (Å²) < 4.78 is 0. The van der Waals surface area contributed by atoms with Gasteiger partial charge in [0.1, 0.15) is 5.70 Å². The van der Waals surface area contributed by atoms with Gasteiger partial charge in [0.2, 0.25) is 0 Å². The molecule has 3 aromatic rings. The molecule has 0 saturated heterocycles. The lowest BCUT2D eigenvalue weighted by atomic mass is 9.97. The van der Waals surface area contributed by atoms with Crippen LogP contribution in [0.15, 0.2) is 66.4 Å². The van der Waals surface area contributed by atoms with E-state index in [0.717, 1.165) is 33.5 Å². The second kappa shape index (κ2) is 8.70. The molecule has 0 fully saturated rings. The summed E-state index contributed by atoms with van der Waals surface area (Å²) in [5.74, 6) is -0.232. The maximum absolute atomic E-state index is 13.7. The SMILES string of the molecule is Cc1cc(C)cc(N2C(=O)C(Nc3ccc(C(C)C)cc3)=C(c3ccc(C)cc3C)C2=O)c1. The molecular formula is C29H30N2O2. The zero-order chi connectivity index (χ0) is 23.9. The first-order chi connectivity index (χ1) is 15.7. The lowest BCUT2D eigenvalue weighted by Crippen LogP contribution is -2.32. The van der Waals surface area contributed by atoms with Crippen LogP contribution in [0.25, 0.3) is 5.57 Å². The minimum absolute atomic E-state index is 0.307. The second-order valence-corrected chi connectivity index (χ2v) is 9.26. The first kappa shape index (κ1) is 22.5. The van der Waals surface area contributed by atoms with Gasteiger partial charge in [-0.15, -0.1) is 0 Å². The van der Waals surface area contributed by atoms with Crippen molar-refractivity contribution in [2.45, 2.75) is 47.5 Å². The Hall–Kier alpha value is -3.66. The molecule has 33 heavy (non-hydrogen) atoms. The third kappa shape index (κ3) is 4.34. The number of rotatable bonds is 5. The Morgan fingerprint density at radius 3 is 1.94 bits per heavy atom. The zero-order valence-electron chi connectivity index (χ0n) is 20.1. The third-order valence-corrected chi connectivity index (χ3v) is 6.05. The molecule has 0 aromatic heterocycles. The van der Waals surface area contributed by atoms with E-state index < -0.39 is 0 Å². The van der Waals surface area contributed by atoms with Gasteiger partial charge in [0.05, 0.1) is 11.3 Å². The van der Waals surface area contributed by atoms with Crippen molar-refractivity contribution in [3.8, 4) is 0 Å². The molecule has 4 nitrogen and oxygen atoms in total. The summed E-state index contributed by atoms with van der Waals surface area (Å²) in [4.78, 5) is 28.7. The van der Waals surface area contributed by atoms with Crippen LogP contribution in [-0.4, -0.2) is 11.8 Å². The number of amides is 2. The average Bonchev–Trinajstić information content (AvgIpc) is 2.97. The highest BCUT2D eigenvalue weighted by Crippen LogP contribution is 2.36. The molecule has 1 aliphatic rings. The summed E-state index contributed by atoms with van der Waals surface area (Å²) >= 11 is 0. The van der Waals surface area contributed by atoms with E-state index in [0.29, 0.717) is 22.9 Å². The minimum atomic E-state index is -0.340. The number of nitrogens with one attached hydrogen (secondary N) is 1. The van der Waals surface area contributed by atoms with E-state index in [1.807, 2.05) is 88.4 Å². The summed E-state index contributed by atoms with van der Waals surface area (Å²) in [5.41, 5.74) is 8.15. The van der Waals surface area contributed by atoms with E-state index in [9.17, 15) is 9.59 Å². The Morgan fingerprint density at radius 1 is 0.727 bits per heavy atom. The van der Waals surface area contributed by atoms with Gasteiger partial charge in [-0.3, -0.25) is 9.59 Å². The first-order valence-corrected chi connectivity index (χ1v) is 11.3. The van der Waals surface area contributed by atoms with Crippen LogP contribution in [0.5, 0.6) is 0 Å². The number of carbonyl (C=O) groups excluding carboxylic acids is 2. The zero-order valence-corrected chi connectivity index (χ0v) is 20.1. The minimum Gasteiger partial charge on any atom is -0.350 e. The highest BCUT2D eigenvalue weighted by molar-refractivity contribution is 6.46. The number of hydrogen-bond acceptors (Lipinski definition) is 3. The van der Waals surface area contributed by atoms with E-state index in [1.165, 1.54) is 10.5 Å². The van der Waals surface area contributed by atoms with Crippen molar-refractivity contribution < 1.29 is 9.59 Å². The van der Waals surface area contributed by atoms with Gasteiger partial charge in [0, 0.05) is 5.69 Å². The number of benzene rings is 3. The van der Waals surface area contributed by atoms with Gasteiger partial charge in [-0.1, -0.05) is 55.8 Å². The normalized spacial score (nSPS) is 14.0. The standard InChI is InChI=1S/C29H30N2O2/c1-17(2)22-8-10-23(11-9-22)30-27-26(25-12-7-18(3)14-21(25)6)28(32)31(29(27)33)24-15-19(4)13-20(5)16-24/h7-17,30H,1-6H3. The van der Waals surface area contributed by atoms with Crippen LogP contribution in [-0.2, 0) is 9.59 Å². The van der Waals surface area contributed by atoms with Gasteiger partial charge in [0.15, 0.2) is 0 Å². The Bertz CT molecular complexity index is 1260. The molecule has 4 rings (SSSR count). The monoisotopic (exact) mass is 438 g/mol. The van der Waals surface area contributed by atoms with E-state index in [-0.39, 0.29) is 11.8 Å². The molecule has 0 spiro atoms. The fraction of sp³-hybridized carbons (Fsp3) is 0.241.